The molecule has 0 heterocycles. The largest absolute Gasteiger partial charge is 0.497 e. The summed E-state index contributed by atoms with van der Waals surface area (Å²) < 4.78 is 5.14. The van der Waals surface area contributed by atoms with Crippen molar-refractivity contribution in [1.82, 2.24) is 5.32 Å². The average molecular weight is 358 g/mol. The molecule has 3 nitrogen and oxygen atoms in total. The monoisotopic (exact) mass is 357 g/mol. The number of thioether (sulfide) groups is 1. The van der Waals surface area contributed by atoms with Crippen molar-refractivity contribution < 1.29 is 9.53 Å². The van der Waals surface area contributed by atoms with Crippen LogP contribution in [0, 0.1) is 0 Å². The number of methoxy groups -OCH3 is 1. The fraction of sp³-hybridized carbons (Fsp3) is 0.381. The minimum Gasteiger partial charge on any atom is -0.497 e. The third-order valence-electron chi connectivity index (χ3n) is 4.08. The molecule has 2 aromatic rings. The van der Waals surface area contributed by atoms with Crippen molar-refractivity contribution in [3.63, 3.8) is 0 Å². The Morgan fingerprint density at radius 3 is 2.20 bits per heavy atom. The van der Waals surface area contributed by atoms with Crippen LogP contribution in [-0.4, -0.2) is 18.8 Å². The van der Waals surface area contributed by atoms with E-state index in [4.69, 9.17) is 4.74 Å². The number of amides is 1. The van der Waals surface area contributed by atoms with Gasteiger partial charge < -0.3 is 10.1 Å². The first-order chi connectivity index (χ1) is 11.8. The lowest BCUT2D eigenvalue weighted by atomic mass is 9.86. The Kier molecular flexibility index (Phi) is 6.54. The minimum absolute atomic E-state index is 0.00187. The molecule has 2 rings (SSSR count). The van der Waals surface area contributed by atoms with Gasteiger partial charge in [-0.25, -0.2) is 0 Å². The topological polar surface area (TPSA) is 38.3 Å². The summed E-state index contributed by atoms with van der Waals surface area (Å²) in [6, 6.07) is 16.2. The maximum Gasteiger partial charge on any atom is 0.230 e. The quantitative estimate of drug-likeness (QED) is 0.743. The first kappa shape index (κ1) is 19.4. The number of rotatable bonds is 6. The van der Waals surface area contributed by atoms with Gasteiger partial charge in [-0.2, -0.15) is 0 Å². The lowest BCUT2D eigenvalue weighted by Crippen LogP contribution is -2.28. The summed E-state index contributed by atoms with van der Waals surface area (Å²) in [4.78, 5) is 13.2. The SMILES string of the molecule is COc1ccc(SCC(=O)N[C@H](C)c2ccc(C(C)(C)C)cc2)cc1. The zero-order chi connectivity index (χ0) is 18.4. The van der Waals surface area contributed by atoms with Crippen molar-refractivity contribution in [2.24, 2.45) is 0 Å². The molecule has 0 fully saturated rings. The molecule has 0 radical (unpaired) electrons. The summed E-state index contributed by atoms with van der Waals surface area (Å²) >= 11 is 1.52. The fourth-order valence-corrected chi connectivity index (χ4v) is 3.17. The van der Waals surface area contributed by atoms with Gasteiger partial charge in [0, 0.05) is 4.90 Å². The van der Waals surface area contributed by atoms with Crippen LogP contribution < -0.4 is 10.1 Å². The highest BCUT2D eigenvalue weighted by Crippen LogP contribution is 2.24. The molecule has 4 heteroatoms. The van der Waals surface area contributed by atoms with Crippen molar-refractivity contribution in [2.75, 3.05) is 12.9 Å². The van der Waals surface area contributed by atoms with Crippen LogP contribution in [0.4, 0.5) is 0 Å². The molecular weight excluding hydrogens is 330 g/mol. The first-order valence-electron chi connectivity index (χ1n) is 8.46. The molecule has 0 saturated heterocycles. The number of carbonyl (C=O) groups is 1. The molecule has 1 amide bonds. The molecule has 1 N–H and O–H groups in total. The zero-order valence-corrected chi connectivity index (χ0v) is 16.4. The number of nitrogens with one attached hydrogen (secondary N) is 1. The van der Waals surface area contributed by atoms with E-state index < -0.39 is 0 Å². The molecule has 2 aromatic carbocycles. The molecule has 134 valence electrons. The van der Waals surface area contributed by atoms with Gasteiger partial charge in [0.1, 0.15) is 5.75 Å². The maximum absolute atomic E-state index is 12.2. The Hall–Kier alpha value is -1.94. The molecule has 0 spiro atoms. The van der Waals surface area contributed by atoms with E-state index in [0.29, 0.717) is 5.75 Å². The van der Waals surface area contributed by atoms with Crippen LogP contribution >= 0.6 is 11.8 Å². The van der Waals surface area contributed by atoms with Gasteiger partial charge in [0.2, 0.25) is 5.91 Å². The summed E-state index contributed by atoms with van der Waals surface area (Å²) in [6.45, 7) is 8.61. The number of hydrogen-bond acceptors (Lipinski definition) is 3. The summed E-state index contributed by atoms with van der Waals surface area (Å²) in [5.41, 5.74) is 2.56. The molecule has 0 aliphatic carbocycles. The summed E-state index contributed by atoms with van der Waals surface area (Å²) in [5, 5.41) is 3.06. The van der Waals surface area contributed by atoms with Gasteiger partial charge in [-0.15, -0.1) is 11.8 Å². The van der Waals surface area contributed by atoms with Gasteiger partial charge in [0.15, 0.2) is 0 Å². The first-order valence-corrected chi connectivity index (χ1v) is 9.45. The smallest absolute Gasteiger partial charge is 0.230 e. The highest BCUT2D eigenvalue weighted by atomic mass is 32.2. The van der Waals surface area contributed by atoms with E-state index in [1.54, 1.807) is 7.11 Å². The maximum atomic E-state index is 12.2. The lowest BCUT2D eigenvalue weighted by molar-refractivity contribution is -0.119. The predicted molar refractivity (Wildman–Crippen MR) is 105 cm³/mol. The summed E-state index contributed by atoms with van der Waals surface area (Å²) in [7, 11) is 1.64. The van der Waals surface area contributed by atoms with Crippen LogP contribution in [0.2, 0.25) is 0 Å². The second kappa shape index (κ2) is 8.43. The average Bonchev–Trinajstić information content (AvgIpc) is 2.59. The van der Waals surface area contributed by atoms with Crippen LogP contribution in [-0.2, 0) is 10.2 Å². The van der Waals surface area contributed by atoms with E-state index in [1.807, 2.05) is 31.2 Å². The Bertz CT molecular complexity index is 687. The molecule has 0 aliphatic rings. The highest BCUT2D eigenvalue weighted by Gasteiger charge is 2.15. The van der Waals surface area contributed by atoms with E-state index in [0.717, 1.165) is 16.2 Å². The van der Waals surface area contributed by atoms with Gasteiger partial charge in [-0.1, -0.05) is 45.0 Å². The standard InChI is InChI=1S/C21H27NO2S/c1-15(16-6-8-17(9-7-16)21(2,3)4)22-20(23)14-25-19-12-10-18(24-5)11-13-19/h6-13,15H,14H2,1-5H3,(H,22,23)/t15-/m1/s1. The molecule has 0 bridgehead atoms. The van der Waals surface area contributed by atoms with Gasteiger partial charge >= 0.3 is 0 Å². The zero-order valence-electron chi connectivity index (χ0n) is 15.6. The van der Waals surface area contributed by atoms with Crippen LogP contribution in [0.3, 0.4) is 0 Å². The Morgan fingerprint density at radius 1 is 1.08 bits per heavy atom. The third-order valence-corrected chi connectivity index (χ3v) is 5.10. The van der Waals surface area contributed by atoms with Crippen molar-refractivity contribution in [3.8, 4) is 5.75 Å². The van der Waals surface area contributed by atoms with E-state index in [9.17, 15) is 4.79 Å². The number of carbonyl (C=O) groups excluding carboxylic acids is 1. The number of ether oxygens (including phenoxy) is 1. The normalized spacial score (nSPS) is 12.5. The van der Waals surface area contributed by atoms with Gasteiger partial charge in [-0.05, 0) is 47.7 Å². The van der Waals surface area contributed by atoms with E-state index in [-0.39, 0.29) is 17.4 Å². The molecule has 0 aromatic heterocycles. The lowest BCUT2D eigenvalue weighted by Gasteiger charge is -2.20. The Balaban J connectivity index is 1.86. The second-order valence-electron chi connectivity index (χ2n) is 7.13. The van der Waals surface area contributed by atoms with Crippen LogP contribution in [0.25, 0.3) is 0 Å². The van der Waals surface area contributed by atoms with Crippen molar-refractivity contribution in [1.29, 1.82) is 0 Å². The van der Waals surface area contributed by atoms with Crippen molar-refractivity contribution >= 4 is 17.7 Å². The van der Waals surface area contributed by atoms with E-state index in [1.165, 1.54) is 17.3 Å². The Labute approximate surface area is 155 Å². The van der Waals surface area contributed by atoms with Crippen LogP contribution in [0.15, 0.2) is 53.4 Å². The van der Waals surface area contributed by atoms with E-state index in [2.05, 4.69) is 50.4 Å². The second-order valence-corrected chi connectivity index (χ2v) is 8.17. The summed E-state index contributed by atoms with van der Waals surface area (Å²) in [5.74, 6) is 1.26. The number of benzene rings is 2. The van der Waals surface area contributed by atoms with Gasteiger partial charge in [-0.3, -0.25) is 4.79 Å². The van der Waals surface area contributed by atoms with Crippen LogP contribution in [0.5, 0.6) is 5.75 Å². The number of hydrogen-bond donors (Lipinski definition) is 1. The van der Waals surface area contributed by atoms with Gasteiger partial charge in [0.25, 0.3) is 0 Å². The Morgan fingerprint density at radius 2 is 1.68 bits per heavy atom. The highest BCUT2D eigenvalue weighted by molar-refractivity contribution is 8.00. The van der Waals surface area contributed by atoms with Crippen LogP contribution in [0.1, 0.15) is 44.9 Å². The molecular formula is C21H27NO2S. The predicted octanol–water partition coefficient (Wildman–Crippen LogP) is 4.96. The molecule has 1 atom stereocenters. The molecule has 0 unspecified atom stereocenters. The van der Waals surface area contributed by atoms with Crippen molar-refractivity contribution in [2.45, 2.75) is 44.0 Å². The minimum atomic E-state index is -0.00187. The van der Waals surface area contributed by atoms with Crippen molar-refractivity contribution in [3.05, 3.63) is 59.7 Å². The fourth-order valence-electron chi connectivity index (χ4n) is 2.46. The molecule has 25 heavy (non-hydrogen) atoms. The van der Waals surface area contributed by atoms with Gasteiger partial charge in [0.05, 0.1) is 18.9 Å². The summed E-state index contributed by atoms with van der Waals surface area (Å²) in [6.07, 6.45) is 0. The molecule has 0 saturated carbocycles. The molecule has 0 aliphatic heterocycles. The van der Waals surface area contributed by atoms with E-state index >= 15 is 0 Å². The third kappa shape index (κ3) is 5.82.